The van der Waals surface area contributed by atoms with Gasteiger partial charge in [-0.05, 0) is 72.8 Å². The van der Waals surface area contributed by atoms with Crippen LogP contribution in [0.2, 0.25) is 0 Å². The van der Waals surface area contributed by atoms with Crippen LogP contribution in [0.5, 0.6) is 11.5 Å². The SMILES string of the molecule is O=C(Oc1ccc(C#Cc2ccc(C(=O)Oc3ccccc3)cc2)cc1)c1ccccc1. The second-order valence-electron chi connectivity index (χ2n) is 6.81. The molecule has 4 aromatic rings. The van der Waals surface area contributed by atoms with Crippen molar-refractivity contribution in [2.75, 3.05) is 0 Å². The zero-order valence-corrected chi connectivity index (χ0v) is 17.0. The Balaban J connectivity index is 1.37. The Morgan fingerprint density at radius 1 is 0.469 bits per heavy atom. The lowest BCUT2D eigenvalue weighted by molar-refractivity contribution is 0.0725. The molecule has 4 heteroatoms. The molecule has 0 spiro atoms. The zero-order chi connectivity index (χ0) is 22.2. The monoisotopic (exact) mass is 418 g/mol. The molecule has 0 unspecified atom stereocenters. The van der Waals surface area contributed by atoms with Crippen LogP contribution in [0.25, 0.3) is 0 Å². The first-order valence-corrected chi connectivity index (χ1v) is 9.94. The molecule has 0 N–H and O–H groups in total. The molecular weight excluding hydrogens is 400 g/mol. The summed E-state index contributed by atoms with van der Waals surface area (Å²) in [6.45, 7) is 0. The van der Waals surface area contributed by atoms with E-state index in [4.69, 9.17) is 9.47 Å². The lowest BCUT2D eigenvalue weighted by atomic mass is 10.1. The molecule has 154 valence electrons. The van der Waals surface area contributed by atoms with Gasteiger partial charge >= 0.3 is 11.9 Å². The highest BCUT2D eigenvalue weighted by molar-refractivity contribution is 5.91. The van der Waals surface area contributed by atoms with Crippen LogP contribution < -0.4 is 9.47 Å². The maximum Gasteiger partial charge on any atom is 0.343 e. The Morgan fingerprint density at radius 2 is 0.875 bits per heavy atom. The number of para-hydroxylation sites is 1. The van der Waals surface area contributed by atoms with E-state index in [1.165, 1.54) is 0 Å². The van der Waals surface area contributed by atoms with Crippen molar-refractivity contribution < 1.29 is 19.1 Å². The molecule has 0 heterocycles. The molecule has 0 saturated carbocycles. The van der Waals surface area contributed by atoms with Gasteiger partial charge in [0, 0.05) is 11.1 Å². The molecule has 4 aromatic carbocycles. The molecular formula is C28H18O4. The third kappa shape index (κ3) is 5.50. The summed E-state index contributed by atoms with van der Waals surface area (Å²) >= 11 is 0. The maximum atomic E-state index is 12.2. The average molecular weight is 418 g/mol. The smallest absolute Gasteiger partial charge is 0.343 e. The zero-order valence-electron chi connectivity index (χ0n) is 17.0. The van der Waals surface area contributed by atoms with E-state index in [0.29, 0.717) is 22.6 Å². The van der Waals surface area contributed by atoms with Crippen molar-refractivity contribution in [3.63, 3.8) is 0 Å². The Morgan fingerprint density at radius 3 is 1.41 bits per heavy atom. The van der Waals surface area contributed by atoms with Gasteiger partial charge in [-0.1, -0.05) is 48.2 Å². The largest absolute Gasteiger partial charge is 0.423 e. The number of rotatable bonds is 4. The quantitative estimate of drug-likeness (QED) is 0.249. The van der Waals surface area contributed by atoms with Crippen molar-refractivity contribution in [1.82, 2.24) is 0 Å². The summed E-state index contributed by atoms with van der Waals surface area (Å²) in [4.78, 5) is 24.3. The molecule has 0 amide bonds. The van der Waals surface area contributed by atoms with Gasteiger partial charge in [0.1, 0.15) is 11.5 Å². The molecule has 4 rings (SSSR count). The topological polar surface area (TPSA) is 52.6 Å². The summed E-state index contributed by atoms with van der Waals surface area (Å²) in [6, 6.07) is 31.6. The fraction of sp³-hybridized carbons (Fsp3) is 0. The van der Waals surface area contributed by atoms with Gasteiger partial charge in [0.2, 0.25) is 0 Å². The number of esters is 2. The first-order valence-electron chi connectivity index (χ1n) is 9.94. The van der Waals surface area contributed by atoms with Crippen molar-refractivity contribution >= 4 is 11.9 Å². The predicted molar refractivity (Wildman–Crippen MR) is 122 cm³/mol. The molecule has 0 aliphatic rings. The second-order valence-corrected chi connectivity index (χ2v) is 6.81. The number of carbonyl (C=O) groups is 2. The van der Waals surface area contributed by atoms with Gasteiger partial charge in [-0.15, -0.1) is 0 Å². The van der Waals surface area contributed by atoms with Crippen molar-refractivity contribution in [2.24, 2.45) is 0 Å². The Bertz CT molecular complexity index is 1260. The summed E-state index contributed by atoms with van der Waals surface area (Å²) in [5.74, 6) is 6.23. The molecule has 0 aliphatic heterocycles. The van der Waals surface area contributed by atoms with Crippen molar-refractivity contribution in [3.8, 4) is 23.3 Å². The number of hydrogen-bond acceptors (Lipinski definition) is 4. The van der Waals surface area contributed by atoms with Crippen LogP contribution in [0, 0.1) is 11.8 Å². The van der Waals surface area contributed by atoms with Crippen LogP contribution in [-0.4, -0.2) is 11.9 Å². The molecule has 32 heavy (non-hydrogen) atoms. The Labute approximate surface area is 186 Å². The third-order valence-corrected chi connectivity index (χ3v) is 4.50. The van der Waals surface area contributed by atoms with Crippen LogP contribution in [-0.2, 0) is 0 Å². The van der Waals surface area contributed by atoms with Gasteiger partial charge in [0.05, 0.1) is 11.1 Å². The lowest BCUT2D eigenvalue weighted by Crippen LogP contribution is -2.08. The average Bonchev–Trinajstić information content (AvgIpc) is 2.85. The summed E-state index contributed by atoms with van der Waals surface area (Å²) in [5.41, 5.74) is 2.48. The van der Waals surface area contributed by atoms with E-state index in [2.05, 4.69) is 11.8 Å². The summed E-state index contributed by atoms with van der Waals surface area (Å²) in [7, 11) is 0. The number of hydrogen-bond donors (Lipinski definition) is 0. The van der Waals surface area contributed by atoms with Crippen LogP contribution in [0.1, 0.15) is 31.8 Å². The third-order valence-electron chi connectivity index (χ3n) is 4.50. The molecule has 0 saturated heterocycles. The molecule has 0 aliphatic carbocycles. The number of carbonyl (C=O) groups excluding carboxylic acids is 2. The molecule has 4 nitrogen and oxygen atoms in total. The minimum atomic E-state index is -0.420. The summed E-state index contributed by atoms with van der Waals surface area (Å²) in [6.07, 6.45) is 0. The maximum absolute atomic E-state index is 12.2. The molecule has 0 bridgehead atoms. The fourth-order valence-electron chi connectivity index (χ4n) is 2.83. The minimum Gasteiger partial charge on any atom is -0.423 e. The van der Waals surface area contributed by atoms with Crippen LogP contribution in [0.4, 0.5) is 0 Å². The van der Waals surface area contributed by atoms with Gasteiger partial charge in [-0.2, -0.15) is 0 Å². The Hall–Kier alpha value is -4.62. The van der Waals surface area contributed by atoms with E-state index < -0.39 is 11.9 Å². The van der Waals surface area contributed by atoms with Gasteiger partial charge in [-0.3, -0.25) is 0 Å². The van der Waals surface area contributed by atoms with Crippen LogP contribution >= 0.6 is 0 Å². The van der Waals surface area contributed by atoms with Gasteiger partial charge in [-0.25, -0.2) is 9.59 Å². The molecule has 0 fully saturated rings. The molecule has 0 radical (unpaired) electrons. The predicted octanol–water partition coefficient (Wildman–Crippen LogP) is 5.52. The van der Waals surface area contributed by atoms with Gasteiger partial charge in [0.25, 0.3) is 0 Å². The second kappa shape index (κ2) is 9.92. The highest BCUT2D eigenvalue weighted by Gasteiger charge is 2.08. The van der Waals surface area contributed by atoms with E-state index in [1.807, 2.05) is 12.1 Å². The van der Waals surface area contributed by atoms with E-state index >= 15 is 0 Å². The lowest BCUT2D eigenvalue weighted by Gasteiger charge is -2.04. The van der Waals surface area contributed by atoms with Gasteiger partial charge < -0.3 is 9.47 Å². The highest BCUT2D eigenvalue weighted by Crippen LogP contribution is 2.15. The fourth-order valence-corrected chi connectivity index (χ4v) is 2.83. The summed E-state index contributed by atoms with van der Waals surface area (Å²) < 4.78 is 10.7. The van der Waals surface area contributed by atoms with Crippen LogP contribution in [0.3, 0.4) is 0 Å². The van der Waals surface area contributed by atoms with Crippen molar-refractivity contribution in [3.05, 3.63) is 131 Å². The first kappa shape index (κ1) is 20.6. The van der Waals surface area contributed by atoms with Crippen LogP contribution in [0.15, 0.2) is 109 Å². The molecule has 0 aromatic heterocycles. The standard InChI is InChI=1S/C28H18O4/c29-27(23-7-3-1-4-8-23)32-26-19-15-22(16-20-26)12-11-21-13-17-24(18-14-21)28(30)31-25-9-5-2-6-10-25/h1-10,13-20H. The normalized spacial score (nSPS) is 9.88. The first-order chi connectivity index (χ1) is 15.7. The van der Waals surface area contributed by atoms with E-state index in [0.717, 1.165) is 11.1 Å². The van der Waals surface area contributed by atoms with Crippen molar-refractivity contribution in [2.45, 2.75) is 0 Å². The van der Waals surface area contributed by atoms with Gasteiger partial charge in [0.15, 0.2) is 0 Å². The highest BCUT2D eigenvalue weighted by atomic mass is 16.5. The van der Waals surface area contributed by atoms with E-state index in [-0.39, 0.29) is 0 Å². The van der Waals surface area contributed by atoms with E-state index in [9.17, 15) is 9.59 Å². The van der Waals surface area contributed by atoms with E-state index in [1.54, 1.807) is 97.1 Å². The number of benzene rings is 4. The minimum absolute atomic E-state index is 0.407. The number of ether oxygens (including phenoxy) is 2. The van der Waals surface area contributed by atoms with Crippen molar-refractivity contribution in [1.29, 1.82) is 0 Å². The summed E-state index contributed by atoms with van der Waals surface area (Å²) in [5, 5.41) is 0. The molecule has 0 atom stereocenters. The Kier molecular flexibility index (Phi) is 6.40.